The summed E-state index contributed by atoms with van der Waals surface area (Å²) in [5.41, 5.74) is -1.25. The van der Waals surface area contributed by atoms with Gasteiger partial charge in [-0.1, -0.05) is 12.2 Å². The van der Waals surface area contributed by atoms with E-state index in [4.69, 9.17) is 42.6 Å². The first-order chi connectivity index (χ1) is 20.1. The third-order valence-electron chi connectivity index (χ3n) is 11.9. The number of esters is 2. The quantitative estimate of drug-likeness (QED) is 0.289. The van der Waals surface area contributed by atoms with Gasteiger partial charge < -0.3 is 42.6 Å². The standard InChI is InChI=1S/C31H46O11/c1-15-11-30-12-16(15)9-10-19(30)31-13-17(25(38-7)29(2,28(33)42-31)24(31)20(30)26(32)39-8)40-27-23(37-6)22(36-5)21(35-4)18(41-27)14-34-3/h16-25,27H,1,9-14H2,2-8H3/t16?,17-,18+,19+,20+,21+,22-,23+,24?,25-,27+,29?,30-,31+/m0/s1. The molecule has 4 aliphatic carbocycles. The van der Waals surface area contributed by atoms with Crippen molar-refractivity contribution in [1.29, 1.82) is 0 Å². The highest BCUT2D eigenvalue weighted by atomic mass is 16.7. The zero-order valence-electron chi connectivity index (χ0n) is 25.8. The van der Waals surface area contributed by atoms with Crippen LogP contribution >= 0.6 is 0 Å². The van der Waals surface area contributed by atoms with Gasteiger partial charge in [0.25, 0.3) is 0 Å². The highest BCUT2D eigenvalue weighted by Gasteiger charge is 2.85. The van der Waals surface area contributed by atoms with Crippen molar-refractivity contribution in [2.45, 2.75) is 87.5 Å². The van der Waals surface area contributed by atoms with Gasteiger partial charge in [-0.05, 0) is 43.9 Å². The van der Waals surface area contributed by atoms with Crippen molar-refractivity contribution in [3.05, 3.63) is 12.2 Å². The summed E-state index contributed by atoms with van der Waals surface area (Å²) in [5, 5.41) is 0. The van der Waals surface area contributed by atoms with Gasteiger partial charge in [-0.15, -0.1) is 0 Å². The van der Waals surface area contributed by atoms with Crippen LogP contribution in [0, 0.1) is 34.5 Å². The lowest BCUT2D eigenvalue weighted by Gasteiger charge is -2.51. The lowest BCUT2D eigenvalue weighted by molar-refractivity contribution is -0.336. The van der Waals surface area contributed by atoms with Crippen molar-refractivity contribution < 1.29 is 52.2 Å². The van der Waals surface area contributed by atoms with Crippen LogP contribution in [0.2, 0.25) is 0 Å². The third-order valence-corrected chi connectivity index (χ3v) is 11.9. The molecule has 11 heteroatoms. The van der Waals surface area contributed by atoms with Crippen molar-refractivity contribution in [1.82, 2.24) is 0 Å². The van der Waals surface area contributed by atoms with Crippen LogP contribution in [-0.2, 0) is 52.2 Å². The fraction of sp³-hybridized carbons (Fsp3) is 0.871. The molecule has 6 aliphatic rings. The van der Waals surface area contributed by atoms with Crippen molar-refractivity contribution in [2.24, 2.45) is 34.5 Å². The molecule has 14 atom stereocenters. The molecule has 0 aromatic rings. The Balaban J connectivity index is 1.41. The average molecular weight is 595 g/mol. The first-order valence-corrected chi connectivity index (χ1v) is 15.0. The van der Waals surface area contributed by atoms with Gasteiger partial charge in [-0.3, -0.25) is 9.59 Å². The molecule has 0 aromatic carbocycles. The third kappa shape index (κ3) is 3.83. The smallest absolute Gasteiger partial charge is 0.315 e. The Kier molecular flexibility index (Phi) is 7.81. The molecule has 236 valence electrons. The van der Waals surface area contributed by atoms with Crippen LogP contribution in [0.4, 0.5) is 0 Å². The predicted octanol–water partition coefficient (Wildman–Crippen LogP) is 2.29. The summed E-state index contributed by atoms with van der Waals surface area (Å²) in [6.45, 7) is 6.53. The fourth-order valence-corrected chi connectivity index (χ4v) is 10.6. The van der Waals surface area contributed by atoms with E-state index in [-0.39, 0.29) is 29.9 Å². The van der Waals surface area contributed by atoms with Gasteiger partial charge >= 0.3 is 11.9 Å². The number of hydrogen-bond donors (Lipinski definition) is 0. The van der Waals surface area contributed by atoms with Gasteiger partial charge in [0.15, 0.2) is 6.29 Å². The Morgan fingerprint density at radius 2 is 1.69 bits per heavy atom. The molecule has 11 nitrogen and oxygen atoms in total. The van der Waals surface area contributed by atoms with Gasteiger partial charge in [-0.2, -0.15) is 0 Å². The number of methoxy groups -OCH3 is 6. The van der Waals surface area contributed by atoms with E-state index in [1.54, 1.807) is 35.5 Å². The van der Waals surface area contributed by atoms with E-state index in [0.717, 1.165) is 25.7 Å². The minimum Gasteiger partial charge on any atom is -0.469 e. The van der Waals surface area contributed by atoms with Crippen molar-refractivity contribution in [2.75, 3.05) is 49.3 Å². The summed E-state index contributed by atoms with van der Waals surface area (Å²) < 4.78 is 54.2. The molecule has 4 saturated carbocycles. The molecular weight excluding hydrogens is 548 g/mol. The minimum absolute atomic E-state index is 0.0272. The molecule has 0 N–H and O–H groups in total. The predicted molar refractivity (Wildman–Crippen MR) is 146 cm³/mol. The minimum atomic E-state index is -1.15. The maximum absolute atomic E-state index is 14.0. The zero-order chi connectivity index (χ0) is 30.2. The summed E-state index contributed by atoms with van der Waals surface area (Å²) in [6, 6.07) is 0. The maximum atomic E-state index is 14.0. The van der Waals surface area contributed by atoms with Crippen LogP contribution in [0.5, 0.6) is 0 Å². The first-order valence-electron chi connectivity index (χ1n) is 15.0. The molecule has 2 aliphatic heterocycles. The van der Waals surface area contributed by atoms with Crippen LogP contribution in [-0.4, -0.2) is 110 Å². The molecule has 1 spiro atoms. The number of fused-ring (bicyclic) bond motifs is 1. The Hall–Kier alpha value is -1.60. The number of rotatable bonds is 9. The number of hydrogen-bond acceptors (Lipinski definition) is 11. The van der Waals surface area contributed by atoms with Gasteiger partial charge in [0, 0.05) is 53.8 Å². The molecule has 6 rings (SSSR count). The molecule has 4 bridgehead atoms. The van der Waals surface area contributed by atoms with Crippen molar-refractivity contribution in [3.8, 4) is 0 Å². The molecule has 0 radical (unpaired) electrons. The van der Waals surface area contributed by atoms with E-state index in [1.165, 1.54) is 12.7 Å². The fourth-order valence-electron chi connectivity index (χ4n) is 10.6. The highest BCUT2D eigenvalue weighted by Crippen LogP contribution is 2.78. The monoisotopic (exact) mass is 594 g/mol. The van der Waals surface area contributed by atoms with Crippen LogP contribution < -0.4 is 0 Å². The first kappa shape index (κ1) is 30.4. The number of carbonyl (C=O) groups is 2. The molecule has 2 heterocycles. The molecular formula is C31H46O11. The normalized spacial score (nSPS) is 50.8. The van der Waals surface area contributed by atoms with E-state index in [9.17, 15) is 9.59 Å². The van der Waals surface area contributed by atoms with E-state index < -0.39 is 65.8 Å². The topological polar surface area (TPSA) is 117 Å². The second-order valence-electron chi connectivity index (χ2n) is 13.3. The SMILES string of the molecule is C=C1C[C@]23CC1CC[C@H]2[C@@]12C[C@H](O[C@@H]4O[C@H](COC)[C@@H](OC)[C@H](OC)[C@H]4OC)[C@H](OC)C(C)(C(=O)O1)C2[C@@H]3C(=O)OC. The van der Waals surface area contributed by atoms with E-state index in [1.807, 2.05) is 6.92 Å². The molecule has 3 unspecified atom stereocenters. The number of ether oxygens (including phenoxy) is 9. The lowest BCUT2D eigenvalue weighted by Crippen LogP contribution is -2.65. The highest BCUT2D eigenvalue weighted by molar-refractivity contribution is 5.86. The van der Waals surface area contributed by atoms with E-state index in [0.29, 0.717) is 12.3 Å². The van der Waals surface area contributed by atoms with Crippen molar-refractivity contribution >= 4 is 11.9 Å². The zero-order valence-corrected chi connectivity index (χ0v) is 25.8. The summed E-state index contributed by atoms with van der Waals surface area (Å²) in [4.78, 5) is 27.7. The van der Waals surface area contributed by atoms with Crippen LogP contribution in [0.25, 0.3) is 0 Å². The molecule has 6 fully saturated rings. The number of allylic oxidation sites excluding steroid dienone is 1. The number of carbonyl (C=O) groups excluding carboxylic acids is 2. The Morgan fingerprint density at radius 1 is 0.976 bits per heavy atom. The van der Waals surface area contributed by atoms with Crippen LogP contribution in [0.3, 0.4) is 0 Å². The maximum Gasteiger partial charge on any atom is 0.315 e. The average Bonchev–Trinajstić information content (AvgIpc) is 3.43. The van der Waals surface area contributed by atoms with Gasteiger partial charge in [-0.25, -0.2) is 0 Å². The lowest BCUT2D eigenvalue weighted by atomic mass is 9.58. The van der Waals surface area contributed by atoms with Gasteiger partial charge in [0.1, 0.15) is 35.4 Å². The Bertz CT molecular complexity index is 1100. The van der Waals surface area contributed by atoms with E-state index in [2.05, 4.69) is 6.58 Å². The Morgan fingerprint density at radius 3 is 2.31 bits per heavy atom. The molecule has 42 heavy (non-hydrogen) atoms. The Labute approximate surface area is 247 Å². The van der Waals surface area contributed by atoms with Crippen LogP contribution in [0.1, 0.15) is 39.0 Å². The largest absolute Gasteiger partial charge is 0.469 e. The van der Waals surface area contributed by atoms with Gasteiger partial charge in [0.05, 0.1) is 31.8 Å². The summed E-state index contributed by atoms with van der Waals surface area (Å²) in [6.07, 6.45) is -0.473. The molecule has 0 aromatic heterocycles. The second kappa shape index (κ2) is 10.8. The second-order valence-corrected chi connectivity index (χ2v) is 13.3. The summed E-state index contributed by atoms with van der Waals surface area (Å²) in [7, 11) is 9.38. The van der Waals surface area contributed by atoms with Crippen LogP contribution in [0.15, 0.2) is 12.2 Å². The molecule has 2 saturated heterocycles. The van der Waals surface area contributed by atoms with E-state index >= 15 is 0 Å². The van der Waals surface area contributed by atoms with Gasteiger partial charge in [0.2, 0.25) is 0 Å². The summed E-state index contributed by atoms with van der Waals surface area (Å²) in [5.74, 6) is -1.22. The summed E-state index contributed by atoms with van der Waals surface area (Å²) >= 11 is 0. The molecule has 0 amide bonds. The van der Waals surface area contributed by atoms with Crippen molar-refractivity contribution in [3.63, 3.8) is 0 Å².